The first kappa shape index (κ1) is 12.1. The molecule has 4 aromatic rings. The Kier molecular flexibility index (Phi) is 2.86. The zero-order valence-corrected chi connectivity index (χ0v) is 13.0. The second-order valence-electron chi connectivity index (χ2n) is 4.82. The predicted octanol–water partition coefficient (Wildman–Crippen LogP) is 6.48. The van der Waals surface area contributed by atoms with Gasteiger partial charge in [0.25, 0.3) is 0 Å². The van der Waals surface area contributed by atoms with Crippen LogP contribution in [0.3, 0.4) is 0 Å². The molecule has 3 aromatic carbocycles. The van der Waals surface area contributed by atoms with Crippen molar-refractivity contribution in [2.75, 3.05) is 0 Å². The lowest BCUT2D eigenvalue weighted by molar-refractivity contribution is 1.62. The number of hydrogen-bond acceptors (Lipinski definition) is 1. The van der Waals surface area contributed by atoms with Gasteiger partial charge in [0.2, 0.25) is 0 Å². The van der Waals surface area contributed by atoms with Gasteiger partial charge in [-0.15, -0.1) is 11.3 Å². The predicted molar refractivity (Wildman–Crippen MR) is 92.5 cm³/mol. The van der Waals surface area contributed by atoms with E-state index in [9.17, 15) is 0 Å². The fraction of sp³-hybridized carbons (Fsp3) is 0. The van der Waals surface area contributed by atoms with Gasteiger partial charge >= 0.3 is 0 Å². The number of hydrogen-bond donors (Lipinski definition) is 0. The van der Waals surface area contributed by atoms with Gasteiger partial charge in [-0.05, 0) is 35.4 Å². The minimum absolute atomic E-state index is 1.12. The standard InChI is InChI=1S/C18H11BrS/c19-14-5-3-4-12(10-14)13-8-9-16-15-6-1-2-7-17(15)20-18(16)11-13/h1-11H. The van der Waals surface area contributed by atoms with E-state index in [0.29, 0.717) is 0 Å². The number of halogens is 1. The highest BCUT2D eigenvalue weighted by Crippen LogP contribution is 2.36. The van der Waals surface area contributed by atoms with Crippen molar-refractivity contribution >= 4 is 47.4 Å². The van der Waals surface area contributed by atoms with Gasteiger partial charge < -0.3 is 0 Å². The van der Waals surface area contributed by atoms with Crippen LogP contribution in [-0.2, 0) is 0 Å². The fourth-order valence-electron chi connectivity index (χ4n) is 2.57. The van der Waals surface area contributed by atoms with E-state index in [2.05, 4.69) is 82.7 Å². The molecule has 0 saturated heterocycles. The maximum atomic E-state index is 3.54. The normalized spacial score (nSPS) is 11.2. The molecular formula is C18H11BrS. The van der Waals surface area contributed by atoms with E-state index in [1.807, 2.05) is 11.3 Å². The topological polar surface area (TPSA) is 0 Å². The van der Waals surface area contributed by atoms with E-state index in [1.54, 1.807) is 0 Å². The summed E-state index contributed by atoms with van der Waals surface area (Å²) < 4.78 is 3.82. The monoisotopic (exact) mass is 338 g/mol. The average molecular weight is 339 g/mol. The van der Waals surface area contributed by atoms with Gasteiger partial charge in [-0.3, -0.25) is 0 Å². The SMILES string of the molecule is Brc1cccc(-c2ccc3c(c2)sc2ccccc23)c1. The van der Waals surface area contributed by atoms with E-state index in [1.165, 1.54) is 31.3 Å². The van der Waals surface area contributed by atoms with Crippen molar-refractivity contribution in [1.82, 2.24) is 0 Å². The number of thiophene rings is 1. The van der Waals surface area contributed by atoms with Crippen LogP contribution >= 0.6 is 27.3 Å². The summed E-state index contributed by atoms with van der Waals surface area (Å²) in [5, 5.41) is 2.71. The van der Waals surface area contributed by atoms with Crippen LogP contribution in [0.5, 0.6) is 0 Å². The van der Waals surface area contributed by atoms with Crippen molar-refractivity contribution in [1.29, 1.82) is 0 Å². The summed E-state index contributed by atoms with van der Waals surface area (Å²) in [4.78, 5) is 0. The van der Waals surface area contributed by atoms with E-state index in [0.717, 1.165) is 4.47 Å². The lowest BCUT2D eigenvalue weighted by Gasteiger charge is -2.02. The molecule has 0 atom stereocenters. The molecule has 0 N–H and O–H groups in total. The number of rotatable bonds is 1. The van der Waals surface area contributed by atoms with E-state index in [4.69, 9.17) is 0 Å². The first-order valence-electron chi connectivity index (χ1n) is 6.48. The second-order valence-corrected chi connectivity index (χ2v) is 6.82. The van der Waals surface area contributed by atoms with Crippen LogP contribution in [0.2, 0.25) is 0 Å². The van der Waals surface area contributed by atoms with Crippen molar-refractivity contribution in [3.05, 3.63) is 71.2 Å². The summed E-state index contributed by atoms with van der Waals surface area (Å²) in [6.45, 7) is 0. The molecule has 0 spiro atoms. The Balaban J connectivity index is 1.97. The van der Waals surface area contributed by atoms with Crippen molar-refractivity contribution < 1.29 is 0 Å². The quantitative estimate of drug-likeness (QED) is 0.372. The molecule has 20 heavy (non-hydrogen) atoms. The maximum Gasteiger partial charge on any atom is 0.0361 e. The van der Waals surface area contributed by atoms with Gasteiger partial charge in [0.05, 0.1) is 0 Å². The lowest BCUT2D eigenvalue weighted by Crippen LogP contribution is -1.77. The molecule has 0 aliphatic rings. The molecule has 0 amide bonds. The van der Waals surface area contributed by atoms with Crippen LogP contribution in [-0.4, -0.2) is 0 Å². The third-order valence-corrected chi connectivity index (χ3v) is 5.16. The third-order valence-electron chi connectivity index (χ3n) is 3.54. The van der Waals surface area contributed by atoms with Gasteiger partial charge in [0.1, 0.15) is 0 Å². The Morgan fingerprint density at radius 1 is 0.650 bits per heavy atom. The molecule has 1 heterocycles. The van der Waals surface area contributed by atoms with E-state index < -0.39 is 0 Å². The fourth-order valence-corrected chi connectivity index (χ4v) is 4.12. The summed E-state index contributed by atoms with van der Waals surface area (Å²) in [5.41, 5.74) is 2.52. The van der Waals surface area contributed by atoms with E-state index in [-0.39, 0.29) is 0 Å². The molecule has 1 aromatic heterocycles. The Morgan fingerprint density at radius 3 is 2.35 bits per heavy atom. The Morgan fingerprint density at radius 2 is 1.45 bits per heavy atom. The summed E-state index contributed by atoms with van der Waals surface area (Å²) in [6.07, 6.45) is 0. The molecule has 0 radical (unpaired) electrons. The highest BCUT2D eigenvalue weighted by molar-refractivity contribution is 9.10. The minimum Gasteiger partial charge on any atom is -0.135 e. The smallest absolute Gasteiger partial charge is 0.0361 e. The Bertz CT molecular complexity index is 921. The van der Waals surface area contributed by atoms with Crippen molar-refractivity contribution in [2.45, 2.75) is 0 Å². The summed E-state index contributed by atoms with van der Waals surface area (Å²) in [6, 6.07) is 23.8. The second kappa shape index (κ2) is 4.72. The molecule has 0 nitrogen and oxygen atoms in total. The van der Waals surface area contributed by atoms with Crippen molar-refractivity contribution in [2.24, 2.45) is 0 Å². The zero-order valence-electron chi connectivity index (χ0n) is 10.6. The molecular weight excluding hydrogens is 328 g/mol. The highest BCUT2D eigenvalue weighted by Gasteiger charge is 2.06. The Hall–Kier alpha value is -1.64. The summed E-state index contributed by atoms with van der Waals surface area (Å²) >= 11 is 5.40. The lowest BCUT2D eigenvalue weighted by atomic mass is 10.0. The van der Waals surface area contributed by atoms with Crippen LogP contribution in [0.25, 0.3) is 31.3 Å². The largest absolute Gasteiger partial charge is 0.135 e. The molecule has 96 valence electrons. The van der Waals surface area contributed by atoms with Gasteiger partial charge in [0, 0.05) is 24.6 Å². The third kappa shape index (κ3) is 1.96. The first-order valence-corrected chi connectivity index (χ1v) is 8.09. The zero-order chi connectivity index (χ0) is 13.5. The van der Waals surface area contributed by atoms with Crippen LogP contribution in [0.4, 0.5) is 0 Å². The van der Waals surface area contributed by atoms with Crippen LogP contribution in [0.15, 0.2) is 71.2 Å². The van der Waals surface area contributed by atoms with E-state index >= 15 is 0 Å². The number of benzene rings is 3. The molecule has 0 aliphatic carbocycles. The molecule has 0 bridgehead atoms. The van der Waals surface area contributed by atoms with Gasteiger partial charge in [-0.25, -0.2) is 0 Å². The molecule has 0 unspecified atom stereocenters. The maximum absolute atomic E-state index is 3.54. The molecule has 0 aliphatic heterocycles. The molecule has 4 rings (SSSR count). The molecule has 2 heteroatoms. The van der Waals surface area contributed by atoms with Gasteiger partial charge in [0.15, 0.2) is 0 Å². The molecule has 0 saturated carbocycles. The van der Waals surface area contributed by atoms with Crippen LogP contribution in [0.1, 0.15) is 0 Å². The highest BCUT2D eigenvalue weighted by atomic mass is 79.9. The number of fused-ring (bicyclic) bond motifs is 3. The summed E-state index contributed by atoms with van der Waals surface area (Å²) in [5.74, 6) is 0. The van der Waals surface area contributed by atoms with Crippen molar-refractivity contribution in [3.63, 3.8) is 0 Å². The van der Waals surface area contributed by atoms with Gasteiger partial charge in [-0.2, -0.15) is 0 Å². The minimum atomic E-state index is 1.12. The van der Waals surface area contributed by atoms with Crippen LogP contribution < -0.4 is 0 Å². The van der Waals surface area contributed by atoms with Crippen molar-refractivity contribution in [3.8, 4) is 11.1 Å². The average Bonchev–Trinajstić information content (AvgIpc) is 2.85. The Labute approximate surface area is 129 Å². The summed E-state index contributed by atoms with van der Waals surface area (Å²) in [7, 11) is 0. The van der Waals surface area contributed by atoms with Crippen LogP contribution in [0, 0.1) is 0 Å². The first-order chi connectivity index (χ1) is 9.81. The van der Waals surface area contributed by atoms with Gasteiger partial charge in [-0.1, -0.05) is 58.4 Å². The molecule has 0 fully saturated rings.